The Kier molecular flexibility index (Phi) is 7.65. The first-order valence-electron chi connectivity index (χ1n) is 11.4. The van der Waals surface area contributed by atoms with E-state index in [9.17, 15) is 14.7 Å². The second-order valence-corrected chi connectivity index (χ2v) is 8.28. The van der Waals surface area contributed by atoms with Crippen molar-refractivity contribution in [2.24, 2.45) is 0 Å². The Balaban J connectivity index is 1.40. The minimum atomic E-state index is -0.768. The first-order chi connectivity index (χ1) is 16.6. The fourth-order valence-corrected chi connectivity index (χ4v) is 4.02. The van der Waals surface area contributed by atoms with Gasteiger partial charge in [-0.05, 0) is 35.4 Å². The Morgan fingerprint density at radius 1 is 0.824 bits per heavy atom. The summed E-state index contributed by atoms with van der Waals surface area (Å²) < 4.78 is 5.36. The van der Waals surface area contributed by atoms with Gasteiger partial charge in [-0.2, -0.15) is 0 Å². The average molecular weight is 460 g/mol. The second-order valence-electron chi connectivity index (χ2n) is 8.28. The molecule has 1 atom stereocenters. The number of phenolic OH excluding ortho intramolecular Hbond substituents is 1. The monoisotopic (exact) mass is 459 g/mol. The Morgan fingerprint density at radius 3 is 2.09 bits per heavy atom. The van der Waals surface area contributed by atoms with E-state index >= 15 is 0 Å². The van der Waals surface area contributed by atoms with Gasteiger partial charge in [-0.1, -0.05) is 60.7 Å². The number of para-hydroxylation sites is 1. The average Bonchev–Trinajstić information content (AvgIpc) is 2.89. The predicted molar refractivity (Wildman–Crippen MR) is 131 cm³/mol. The van der Waals surface area contributed by atoms with E-state index in [1.54, 1.807) is 29.2 Å². The highest BCUT2D eigenvalue weighted by atomic mass is 16.5. The molecular formula is C27H29N3O4. The van der Waals surface area contributed by atoms with Crippen LogP contribution < -0.4 is 10.2 Å². The molecule has 7 nitrogen and oxygen atoms in total. The molecule has 4 rings (SSSR count). The molecule has 7 heteroatoms. The van der Waals surface area contributed by atoms with Crippen molar-refractivity contribution in [3.63, 3.8) is 0 Å². The van der Waals surface area contributed by atoms with Gasteiger partial charge in [0.25, 0.3) is 0 Å². The molecule has 0 spiro atoms. The molecule has 176 valence electrons. The summed E-state index contributed by atoms with van der Waals surface area (Å²) in [6, 6.07) is 25.4. The lowest BCUT2D eigenvalue weighted by Gasteiger charge is -2.37. The molecule has 0 radical (unpaired) electrons. The van der Waals surface area contributed by atoms with Crippen molar-refractivity contribution < 1.29 is 19.4 Å². The Bertz CT molecular complexity index is 1070. The normalized spacial score (nSPS) is 14.4. The number of nitrogens with zero attached hydrogens (tertiary/aromatic N) is 2. The van der Waals surface area contributed by atoms with Crippen molar-refractivity contribution in [1.82, 2.24) is 10.2 Å². The standard InChI is InChI=1S/C27H29N3O4/c31-24-13-11-21(12-14-24)19-25(28-27(33)34-20-22-7-3-1-4-8-22)26(32)30-17-15-29(16-18-30)23-9-5-2-6-10-23/h1-14,25,31H,15-20H2,(H,28,33)/t25-/m0/s1. The first kappa shape index (κ1) is 23.2. The number of aromatic hydroxyl groups is 1. The van der Waals surface area contributed by atoms with Crippen LogP contribution in [0.1, 0.15) is 11.1 Å². The molecule has 2 amide bonds. The molecule has 1 saturated heterocycles. The number of benzene rings is 3. The van der Waals surface area contributed by atoms with Crippen LogP contribution in [0.25, 0.3) is 0 Å². The van der Waals surface area contributed by atoms with Gasteiger partial charge in [0, 0.05) is 38.3 Å². The molecule has 2 N–H and O–H groups in total. The number of phenols is 1. The summed E-state index contributed by atoms with van der Waals surface area (Å²) in [5.74, 6) is 0.0105. The largest absolute Gasteiger partial charge is 0.508 e. The maximum Gasteiger partial charge on any atom is 0.408 e. The summed E-state index contributed by atoms with van der Waals surface area (Å²) in [4.78, 5) is 30.0. The maximum absolute atomic E-state index is 13.4. The summed E-state index contributed by atoms with van der Waals surface area (Å²) >= 11 is 0. The van der Waals surface area contributed by atoms with Crippen LogP contribution in [0.3, 0.4) is 0 Å². The summed E-state index contributed by atoms with van der Waals surface area (Å²) in [5, 5.41) is 12.3. The number of amides is 2. The zero-order chi connectivity index (χ0) is 23.8. The lowest BCUT2D eigenvalue weighted by Crippen LogP contribution is -2.55. The Labute approximate surface area is 199 Å². The topological polar surface area (TPSA) is 82.1 Å². The smallest absolute Gasteiger partial charge is 0.408 e. The van der Waals surface area contributed by atoms with E-state index in [2.05, 4.69) is 22.3 Å². The van der Waals surface area contributed by atoms with Crippen LogP contribution in [0.15, 0.2) is 84.9 Å². The number of rotatable bonds is 7. The number of anilines is 1. The highest BCUT2D eigenvalue weighted by Crippen LogP contribution is 2.17. The van der Waals surface area contributed by atoms with Gasteiger partial charge in [-0.15, -0.1) is 0 Å². The van der Waals surface area contributed by atoms with Crippen LogP contribution in [0.2, 0.25) is 0 Å². The van der Waals surface area contributed by atoms with Crippen LogP contribution >= 0.6 is 0 Å². The van der Waals surface area contributed by atoms with Crippen LogP contribution in [-0.4, -0.2) is 54.2 Å². The second kappa shape index (κ2) is 11.2. The van der Waals surface area contributed by atoms with Gasteiger partial charge < -0.3 is 25.0 Å². The van der Waals surface area contributed by atoms with Crippen LogP contribution in [0, 0.1) is 0 Å². The van der Waals surface area contributed by atoms with E-state index < -0.39 is 12.1 Å². The minimum absolute atomic E-state index is 0.128. The molecule has 1 aliphatic rings. The summed E-state index contributed by atoms with van der Waals surface area (Å²) in [5.41, 5.74) is 2.84. The molecule has 3 aromatic carbocycles. The number of ether oxygens (including phenoxy) is 1. The van der Waals surface area contributed by atoms with Gasteiger partial charge in [0.05, 0.1) is 0 Å². The highest BCUT2D eigenvalue weighted by molar-refractivity contribution is 5.86. The molecule has 0 saturated carbocycles. The molecule has 0 aromatic heterocycles. The van der Waals surface area contributed by atoms with E-state index in [-0.39, 0.29) is 18.3 Å². The lowest BCUT2D eigenvalue weighted by atomic mass is 10.0. The number of carbonyl (C=O) groups excluding carboxylic acids is 2. The summed E-state index contributed by atoms with van der Waals surface area (Å²) in [6.45, 7) is 2.71. The molecule has 3 aromatic rings. The van der Waals surface area contributed by atoms with E-state index in [0.29, 0.717) is 19.5 Å². The lowest BCUT2D eigenvalue weighted by molar-refractivity contribution is -0.133. The zero-order valence-electron chi connectivity index (χ0n) is 19.0. The molecule has 34 heavy (non-hydrogen) atoms. The van der Waals surface area contributed by atoms with Crippen molar-refractivity contribution >= 4 is 17.7 Å². The summed E-state index contributed by atoms with van der Waals surface area (Å²) in [6.07, 6.45) is -0.331. The molecule has 1 fully saturated rings. The molecule has 1 aliphatic heterocycles. The molecule has 0 unspecified atom stereocenters. The van der Waals surface area contributed by atoms with Crippen LogP contribution in [0.5, 0.6) is 5.75 Å². The van der Waals surface area contributed by atoms with Crippen molar-refractivity contribution in [1.29, 1.82) is 0 Å². The van der Waals surface area contributed by atoms with Gasteiger partial charge in [0.1, 0.15) is 18.4 Å². The quantitative estimate of drug-likeness (QED) is 0.565. The minimum Gasteiger partial charge on any atom is -0.508 e. The van der Waals surface area contributed by atoms with Crippen molar-refractivity contribution in [3.8, 4) is 5.75 Å². The van der Waals surface area contributed by atoms with Crippen molar-refractivity contribution in [3.05, 3.63) is 96.1 Å². The van der Waals surface area contributed by atoms with Gasteiger partial charge >= 0.3 is 6.09 Å². The zero-order valence-corrected chi connectivity index (χ0v) is 19.0. The number of hydrogen-bond acceptors (Lipinski definition) is 5. The molecule has 0 bridgehead atoms. The predicted octanol–water partition coefficient (Wildman–Crippen LogP) is 3.58. The van der Waals surface area contributed by atoms with Crippen LogP contribution in [-0.2, 0) is 22.6 Å². The van der Waals surface area contributed by atoms with Gasteiger partial charge in [-0.25, -0.2) is 4.79 Å². The number of carbonyl (C=O) groups is 2. The number of piperazine rings is 1. The van der Waals surface area contributed by atoms with E-state index in [0.717, 1.165) is 29.9 Å². The Hall–Kier alpha value is -4.00. The Morgan fingerprint density at radius 2 is 1.44 bits per heavy atom. The van der Waals surface area contributed by atoms with Gasteiger partial charge in [-0.3, -0.25) is 4.79 Å². The maximum atomic E-state index is 13.4. The van der Waals surface area contributed by atoms with Gasteiger partial charge in [0.2, 0.25) is 5.91 Å². The van der Waals surface area contributed by atoms with Crippen molar-refractivity contribution in [2.75, 3.05) is 31.1 Å². The van der Waals surface area contributed by atoms with Crippen LogP contribution in [0.4, 0.5) is 10.5 Å². The van der Waals surface area contributed by atoms with E-state index in [1.165, 1.54) is 0 Å². The molecule has 1 heterocycles. The third-order valence-corrected chi connectivity index (χ3v) is 5.89. The van der Waals surface area contributed by atoms with Gasteiger partial charge in [0.15, 0.2) is 0 Å². The third kappa shape index (κ3) is 6.28. The first-order valence-corrected chi connectivity index (χ1v) is 11.4. The fourth-order valence-electron chi connectivity index (χ4n) is 4.02. The molecule has 0 aliphatic carbocycles. The van der Waals surface area contributed by atoms with Crippen molar-refractivity contribution in [2.45, 2.75) is 19.1 Å². The summed E-state index contributed by atoms with van der Waals surface area (Å²) in [7, 11) is 0. The highest BCUT2D eigenvalue weighted by Gasteiger charge is 2.29. The fraction of sp³-hybridized carbons (Fsp3) is 0.259. The third-order valence-electron chi connectivity index (χ3n) is 5.89. The SMILES string of the molecule is O=C(N[C@@H](Cc1ccc(O)cc1)C(=O)N1CCN(c2ccccc2)CC1)OCc1ccccc1. The molecular weight excluding hydrogens is 430 g/mol. The number of hydrogen-bond donors (Lipinski definition) is 2. The van der Waals surface area contributed by atoms with E-state index in [1.807, 2.05) is 48.5 Å². The number of alkyl carbamates (subject to hydrolysis) is 1. The number of nitrogens with one attached hydrogen (secondary N) is 1. The van der Waals surface area contributed by atoms with E-state index in [4.69, 9.17) is 4.74 Å².